The molecule has 2 bridgehead atoms. The molecule has 1 saturated heterocycles. The first-order valence-electron chi connectivity index (χ1n) is 18.4. The molecule has 0 radical (unpaired) electrons. The van der Waals surface area contributed by atoms with Crippen LogP contribution in [0.25, 0.3) is 0 Å². The molecule has 0 aromatic heterocycles. The van der Waals surface area contributed by atoms with E-state index in [1.807, 2.05) is 25.1 Å². The maximum Gasteiger partial charge on any atom is 0.264 e. The summed E-state index contributed by atoms with van der Waals surface area (Å²) in [5, 5.41) is 12.0. The van der Waals surface area contributed by atoms with E-state index in [2.05, 4.69) is 38.6 Å². The molecule has 2 N–H and O–H groups in total. The molecule has 5 aliphatic rings. The summed E-state index contributed by atoms with van der Waals surface area (Å²) in [6.07, 6.45) is 7.03. The fraction of sp³-hybridized carbons (Fsp3) is 0.658. The molecule has 1 saturated carbocycles. The quantitative estimate of drug-likeness (QED) is 0.434. The van der Waals surface area contributed by atoms with Gasteiger partial charge in [0.15, 0.2) is 0 Å². The van der Waals surface area contributed by atoms with Crippen LogP contribution >= 0.6 is 11.6 Å². The first-order chi connectivity index (χ1) is 23.4. The molecule has 7 rings (SSSR count). The third-order valence-electron chi connectivity index (χ3n) is 12.8. The highest BCUT2D eigenvalue weighted by molar-refractivity contribution is 7.90. The van der Waals surface area contributed by atoms with Crippen LogP contribution in [0.4, 0.5) is 5.69 Å². The van der Waals surface area contributed by atoms with Gasteiger partial charge < -0.3 is 19.6 Å². The molecule has 268 valence electrons. The van der Waals surface area contributed by atoms with Crippen molar-refractivity contribution in [2.75, 3.05) is 57.8 Å². The molecule has 3 aliphatic heterocycles. The third-order valence-corrected chi connectivity index (χ3v) is 14.9. The number of amides is 1. The normalized spacial score (nSPS) is 33.3. The Hall–Kier alpha value is -2.37. The Morgan fingerprint density at radius 1 is 1.02 bits per heavy atom. The van der Waals surface area contributed by atoms with Crippen LogP contribution < -0.4 is 14.4 Å². The number of nitrogens with one attached hydrogen (secondary N) is 1. The first kappa shape index (κ1) is 35.1. The van der Waals surface area contributed by atoms with Crippen molar-refractivity contribution in [2.45, 2.75) is 82.1 Å². The molecule has 9 nitrogen and oxygen atoms in total. The molecule has 7 atom stereocenters. The van der Waals surface area contributed by atoms with Crippen LogP contribution in [-0.4, -0.2) is 93.6 Å². The molecule has 1 spiro atoms. The molecule has 0 unspecified atom stereocenters. The van der Waals surface area contributed by atoms with E-state index in [1.54, 1.807) is 13.0 Å². The predicted molar refractivity (Wildman–Crippen MR) is 194 cm³/mol. The van der Waals surface area contributed by atoms with Gasteiger partial charge in [-0.3, -0.25) is 9.69 Å². The Labute approximate surface area is 297 Å². The van der Waals surface area contributed by atoms with E-state index in [0.717, 1.165) is 94.9 Å². The van der Waals surface area contributed by atoms with Crippen LogP contribution in [0.5, 0.6) is 5.75 Å². The zero-order valence-electron chi connectivity index (χ0n) is 29.2. The summed E-state index contributed by atoms with van der Waals surface area (Å²) in [4.78, 5) is 20.6. The van der Waals surface area contributed by atoms with Crippen molar-refractivity contribution in [2.24, 2.45) is 23.7 Å². The highest BCUT2D eigenvalue weighted by Gasteiger charge is 2.46. The third kappa shape index (κ3) is 6.97. The number of piperazine rings is 1. The van der Waals surface area contributed by atoms with E-state index in [-0.39, 0.29) is 17.3 Å². The number of anilines is 1. The van der Waals surface area contributed by atoms with Gasteiger partial charge in [-0.05, 0) is 118 Å². The van der Waals surface area contributed by atoms with Gasteiger partial charge in [0.1, 0.15) is 12.0 Å². The van der Waals surface area contributed by atoms with Gasteiger partial charge in [-0.15, -0.1) is 0 Å². The van der Waals surface area contributed by atoms with Gasteiger partial charge in [0.25, 0.3) is 5.91 Å². The lowest BCUT2D eigenvalue weighted by molar-refractivity contribution is -0.0991. The van der Waals surface area contributed by atoms with Crippen LogP contribution in [0.1, 0.15) is 80.3 Å². The lowest BCUT2D eigenvalue weighted by atomic mass is 9.64. The second-order valence-electron chi connectivity index (χ2n) is 15.8. The zero-order valence-corrected chi connectivity index (χ0v) is 30.8. The van der Waals surface area contributed by atoms with Gasteiger partial charge in [0, 0.05) is 61.2 Å². The van der Waals surface area contributed by atoms with Gasteiger partial charge in [0.05, 0.1) is 17.5 Å². The van der Waals surface area contributed by atoms with E-state index >= 15 is 0 Å². The van der Waals surface area contributed by atoms with E-state index in [9.17, 15) is 18.3 Å². The summed E-state index contributed by atoms with van der Waals surface area (Å²) in [6, 6.07) is 11.6. The Morgan fingerprint density at radius 3 is 2.57 bits per heavy atom. The minimum absolute atomic E-state index is 0.106. The predicted octanol–water partition coefficient (Wildman–Crippen LogP) is 5.29. The van der Waals surface area contributed by atoms with Gasteiger partial charge in [-0.2, -0.15) is 0 Å². The van der Waals surface area contributed by atoms with Gasteiger partial charge in [-0.1, -0.05) is 31.0 Å². The summed E-state index contributed by atoms with van der Waals surface area (Å²) in [6.45, 7) is 9.26. The van der Waals surface area contributed by atoms with Crippen LogP contribution in [0.3, 0.4) is 0 Å². The van der Waals surface area contributed by atoms with Crippen LogP contribution in [0.2, 0.25) is 5.02 Å². The van der Waals surface area contributed by atoms with E-state index in [1.165, 1.54) is 11.1 Å². The molecular weight excluding hydrogens is 660 g/mol. The van der Waals surface area contributed by atoms with Gasteiger partial charge >= 0.3 is 0 Å². The lowest BCUT2D eigenvalue weighted by Gasteiger charge is -2.49. The Bertz CT molecular complexity index is 1650. The molecule has 2 fully saturated rings. The molecule has 2 aliphatic carbocycles. The minimum Gasteiger partial charge on any atom is -0.490 e. The standard InChI is InChI=1S/C38H53ClN4O5S/c1-25-6-4-8-32(37(45)42-18-16-41(3)17-19-42)31-12-9-29(31)22-43-23-38(15-5-7-27-20-30(39)11-13-33(27)38)24-48-35-14-10-28(21-34(35)43)36(44)40-49(46,47)26(25)2/h10-11,13-14,20-21,25-26,29,31-32,37,45H,4-9,12,15-19,22-24H2,1-3H3,(H,40,44)/t25-,26+,29-,31+,32-,37-,38-/m0/s1. The second-order valence-corrected chi connectivity index (χ2v) is 18.3. The summed E-state index contributed by atoms with van der Waals surface area (Å²) < 4.78 is 36.0. The molecule has 11 heteroatoms. The summed E-state index contributed by atoms with van der Waals surface area (Å²) in [7, 11) is -1.78. The number of carbonyl (C=O) groups is 1. The highest BCUT2D eigenvalue weighted by atomic mass is 35.5. The van der Waals surface area contributed by atoms with E-state index in [0.29, 0.717) is 36.2 Å². The maximum absolute atomic E-state index is 13.6. The number of hydrogen-bond donors (Lipinski definition) is 2. The van der Waals surface area contributed by atoms with Gasteiger partial charge in [0.2, 0.25) is 10.0 Å². The fourth-order valence-corrected chi connectivity index (χ4v) is 10.9. The number of rotatable bonds is 2. The van der Waals surface area contributed by atoms with Crippen molar-refractivity contribution in [1.29, 1.82) is 0 Å². The topological polar surface area (TPSA) is 102 Å². The van der Waals surface area contributed by atoms with Crippen LogP contribution in [0.15, 0.2) is 36.4 Å². The average Bonchev–Trinajstić information content (AvgIpc) is 3.21. The van der Waals surface area contributed by atoms with Crippen LogP contribution in [0, 0.1) is 23.7 Å². The molecule has 1 amide bonds. The number of nitrogens with zero attached hydrogens (tertiary/aromatic N) is 3. The zero-order chi connectivity index (χ0) is 34.5. The second kappa shape index (κ2) is 14.0. The number of hydrogen-bond acceptors (Lipinski definition) is 8. The maximum atomic E-state index is 13.6. The number of likely N-dealkylation sites (N-methyl/N-ethyl adjacent to an activating group) is 1. The average molecular weight is 713 g/mol. The van der Waals surface area contributed by atoms with Crippen molar-refractivity contribution in [3.05, 3.63) is 58.1 Å². The largest absolute Gasteiger partial charge is 0.490 e. The number of carbonyl (C=O) groups excluding carboxylic acids is 1. The first-order valence-corrected chi connectivity index (χ1v) is 20.3. The number of aryl methyl sites for hydroxylation is 1. The number of halogens is 1. The number of sulfonamides is 1. The molecule has 2 aromatic carbocycles. The SMILES string of the molecule is C[C@@H]1[C@@H](C)CCC[C@H]([C@H](O)N2CCN(C)CC2)[C@@H]2CC[C@H]2CN2C[C@@]3(CCCc4cc(Cl)ccc43)COc3ccc(cc32)C(=O)NS1(=O)=O. The number of fused-ring (bicyclic) bond motifs is 4. The summed E-state index contributed by atoms with van der Waals surface area (Å²) >= 11 is 6.47. The van der Waals surface area contributed by atoms with Crippen molar-refractivity contribution in [1.82, 2.24) is 14.5 Å². The highest BCUT2D eigenvalue weighted by Crippen LogP contribution is 2.49. The van der Waals surface area contributed by atoms with Crippen molar-refractivity contribution in [3.8, 4) is 5.75 Å². The number of ether oxygens (including phenoxy) is 1. The van der Waals surface area contributed by atoms with Crippen LogP contribution in [-0.2, 0) is 21.9 Å². The smallest absolute Gasteiger partial charge is 0.264 e. The molecule has 3 heterocycles. The summed E-state index contributed by atoms with van der Waals surface area (Å²) in [5.41, 5.74) is 3.44. The number of aliphatic hydroxyl groups is 1. The minimum atomic E-state index is -3.91. The molecule has 49 heavy (non-hydrogen) atoms. The van der Waals surface area contributed by atoms with E-state index in [4.69, 9.17) is 16.3 Å². The number of aliphatic hydroxyl groups excluding tert-OH is 1. The Morgan fingerprint density at radius 2 is 1.82 bits per heavy atom. The van der Waals surface area contributed by atoms with Gasteiger partial charge in [-0.25, -0.2) is 13.1 Å². The molecule has 2 aromatic rings. The van der Waals surface area contributed by atoms with Crippen molar-refractivity contribution >= 4 is 33.2 Å². The van der Waals surface area contributed by atoms with Crippen molar-refractivity contribution in [3.63, 3.8) is 0 Å². The molecular formula is C38H53ClN4O5S. The Kier molecular flexibility index (Phi) is 10.0. The Balaban J connectivity index is 1.27. The van der Waals surface area contributed by atoms with Crippen molar-refractivity contribution < 1.29 is 23.1 Å². The number of benzene rings is 2. The summed E-state index contributed by atoms with van der Waals surface area (Å²) in [5.74, 6) is 0.802. The monoisotopic (exact) mass is 712 g/mol. The lowest BCUT2D eigenvalue weighted by Crippen LogP contribution is -2.55. The fourth-order valence-electron chi connectivity index (χ4n) is 9.36. The van der Waals surface area contributed by atoms with E-state index < -0.39 is 27.4 Å².